The number of hydrogen-bond acceptors (Lipinski definition) is 5. The van der Waals surface area contributed by atoms with Crippen LogP contribution in [0, 0.1) is 0 Å². The molecule has 0 heterocycles. The third-order valence-corrected chi connectivity index (χ3v) is 2.33. The fourth-order valence-corrected chi connectivity index (χ4v) is 1.41. The minimum absolute atomic E-state index is 0.0116. The van der Waals surface area contributed by atoms with Crippen LogP contribution in [0.3, 0.4) is 0 Å². The van der Waals surface area contributed by atoms with E-state index in [-0.39, 0.29) is 19.0 Å². The maximum atomic E-state index is 9.14. The first-order valence-corrected chi connectivity index (χ1v) is 5.82. The van der Waals surface area contributed by atoms with Gasteiger partial charge in [0.15, 0.2) is 0 Å². The summed E-state index contributed by atoms with van der Waals surface area (Å²) in [4.78, 5) is 0. The van der Waals surface area contributed by atoms with Gasteiger partial charge in [-0.15, -0.1) is 0 Å². The van der Waals surface area contributed by atoms with Gasteiger partial charge < -0.3 is 14.9 Å². The summed E-state index contributed by atoms with van der Waals surface area (Å²) in [6.45, 7) is 0.261. The topological polar surface area (TPSA) is 74.4 Å². The van der Waals surface area contributed by atoms with Crippen LogP contribution in [0.4, 0.5) is 11.4 Å². The van der Waals surface area contributed by atoms with Gasteiger partial charge in [-0.3, -0.25) is 0 Å². The van der Waals surface area contributed by atoms with Crippen LogP contribution >= 0.6 is 0 Å². The number of phenolic OH excluding ortho intramolecular Hbond substituents is 1. The third kappa shape index (κ3) is 4.08. The molecular formula is C14H14N2O3. The molecule has 5 heteroatoms. The molecule has 2 aromatic rings. The molecule has 2 rings (SSSR count). The van der Waals surface area contributed by atoms with E-state index in [1.54, 1.807) is 48.5 Å². The molecule has 0 aliphatic heterocycles. The van der Waals surface area contributed by atoms with E-state index in [2.05, 4.69) is 10.2 Å². The number of ether oxygens (including phenoxy) is 1. The van der Waals surface area contributed by atoms with Crippen molar-refractivity contribution in [2.24, 2.45) is 10.2 Å². The molecule has 0 fully saturated rings. The Morgan fingerprint density at radius 3 is 1.89 bits per heavy atom. The first-order chi connectivity index (χ1) is 9.28. The average Bonchev–Trinajstić information content (AvgIpc) is 2.46. The van der Waals surface area contributed by atoms with E-state index >= 15 is 0 Å². The number of aliphatic hydroxyl groups excluding tert-OH is 1. The molecule has 0 saturated carbocycles. The summed E-state index contributed by atoms with van der Waals surface area (Å²) < 4.78 is 5.24. The number of aliphatic hydroxyl groups is 1. The van der Waals surface area contributed by atoms with Gasteiger partial charge in [-0.2, -0.15) is 10.2 Å². The third-order valence-electron chi connectivity index (χ3n) is 2.33. The monoisotopic (exact) mass is 258 g/mol. The van der Waals surface area contributed by atoms with E-state index in [4.69, 9.17) is 14.9 Å². The average molecular weight is 258 g/mol. The Morgan fingerprint density at radius 1 is 0.842 bits per heavy atom. The van der Waals surface area contributed by atoms with Crippen LogP contribution in [-0.4, -0.2) is 23.4 Å². The molecule has 0 unspecified atom stereocenters. The number of benzene rings is 2. The lowest BCUT2D eigenvalue weighted by Crippen LogP contribution is -2.00. The van der Waals surface area contributed by atoms with Crippen LogP contribution in [-0.2, 0) is 0 Å². The Morgan fingerprint density at radius 2 is 1.37 bits per heavy atom. The van der Waals surface area contributed by atoms with Crippen molar-refractivity contribution in [3.63, 3.8) is 0 Å². The zero-order valence-electron chi connectivity index (χ0n) is 10.2. The molecule has 0 spiro atoms. The molecule has 2 aromatic carbocycles. The summed E-state index contributed by atoms with van der Waals surface area (Å²) in [5.41, 5.74) is 1.36. The van der Waals surface area contributed by atoms with Crippen LogP contribution in [0.1, 0.15) is 0 Å². The van der Waals surface area contributed by atoms with Crippen molar-refractivity contribution in [1.82, 2.24) is 0 Å². The summed E-state index contributed by atoms with van der Waals surface area (Å²) >= 11 is 0. The molecular weight excluding hydrogens is 244 g/mol. The van der Waals surface area contributed by atoms with Gasteiger partial charge in [0.05, 0.1) is 18.0 Å². The lowest BCUT2D eigenvalue weighted by Gasteiger charge is -2.03. The standard InChI is InChI=1S/C14H14N2O3/c17-9-10-19-14-7-3-12(4-8-14)16-15-11-1-5-13(18)6-2-11/h1-8,17-18H,9-10H2. The second kappa shape index (κ2) is 6.51. The Balaban J connectivity index is 2.00. The molecule has 98 valence electrons. The summed E-state index contributed by atoms with van der Waals surface area (Å²) in [6, 6.07) is 13.5. The van der Waals surface area contributed by atoms with Crippen LogP contribution < -0.4 is 4.74 Å². The van der Waals surface area contributed by atoms with Gasteiger partial charge in [0.2, 0.25) is 0 Å². The van der Waals surface area contributed by atoms with E-state index < -0.39 is 0 Å². The van der Waals surface area contributed by atoms with Gasteiger partial charge in [-0.25, -0.2) is 0 Å². The number of nitrogens with zero attached hydrogens (tertiary/aromatic N) is 2. The highest BCUT2D eigenvalue weighted by Gasteiger charge is 1.95. The van der Waals surface area contributed by atoms with Gasteiger partial charge in [0.25, 0.3) is 0 Å². The lowest BCUT2D eigenvalue weighted by molar-refractivity contribution is 0.201. The highest BCUT2D eigenvalue weighted by Crippen LogP contribution is 2.22. The molecule has 0 saturated heterocycles. The number of aromatic hydroxyl groups is 1. The first-order valence-electron chi connectivity index (χ1n) is 5.82. The van der Waals surface area contributed by atoms with Crippen molar-refractivity contribution in [3.05, 3.63) is 48.5 Å². The van der Waals surface area contributed by atoms with Crippen LogP contribution in [0.15, 0.2) is 58.8 Å². The molecule has 0 radical (unpaired) electrons. The number of azo groups is 1. The number of hydrogen-bond donors (Lipinski definition) is 2. The SMILES string of the molecule is OCCOc1ccc(N=Nc2ccc(O)cc2)cc1. The predicted octanol–water partition coefficient (Wildman–Crippen LogP) is 3.18. The zero-order chi connectivity index (χ0) is 13.5. The Labute approximate surface area is 110 Å². The Bertz CT molecular complexity index is 536. The Hall–Kier alpha value is -2.40. The summed E-state index contributed by atoms with van der Waals surface area (Å²) in [5, 5.41) is 25.9. The highest BCUT2D eigenvalue weighted by atomic mass is 16.5. The second-order valence-corrected chi connectivity index (χ2v) is 3.78. The van der Waals surface area contributed by atoms with Gasteiger partial charge in [-0.1, -0.05) is 0 Å². The van der Waals surface area contributed by atoms with Crippen molar-refractivity contribution in [2.75, 3.05) is 13.2 Å². The van der Waals surface area contributed by atoms with Crippen LogP contribution in [0.2, 0.25) is 0 Å². The summed E-state index contributed by atoms with van der Waals surface area (Å²) in [5.74, 6) is 0.877. The normalized spacial score (nSPS) is 10.8. The molecule has 2 N–H and O–H groups in total. The van der Waals surface area contributed by atoms with Gasteiger partial charge in [-0.05, 0) is 48.5 Å². The zero-order valence-corrected chi connectivity index (χ0v) is 10.2. The molecule has 19 heavy (non-hydrogen) atoms. The summed E-state index contributed by atoms with van der Waals surface area (Å²) in [7, 11) is 0. The minimum Gasteiger partial charge on any atom is -0.508 e. The second-order valence-electron chi connectivity index (χ2n) is 3.78. The quantitative estimate of drug-likeness (QED) is 0.809. The lowest BCUT2D eigenvalue weighted by atomic mass is 10.3. The maximum absolute atomic E-state index is 9.14. The Kier molecular flexibility index (Phi) is 4.47. The van der Waals surface area contributed by atoms with E-state index in [9.17, 15) is 0 Å². The highest BCUT2D eigenvalue weighted by molar-refractivity contribution is 5.43. The van der Waals surface area contributed by atoms with Crippen molar-refractivity contribution < 1.29 is 14.9 Å². The van der Waals surface area contributed by atoms with Crippen molar-refractivity contribution in [3.8, 4) is 11.5 Å². The molecule has 5 nitrogen and oxygen atoms in total. The van der Waals surface area contributed by atoms with E-state index in [0.29, 0.717) is 17.1 Å². The molecule has 0 aliphatic carbocycles. The van der Waals surface area contributed by atoms with Crippen molar-refractivity contribution >= 4 is 11.4 Å². The first kappa shape index (κ1) is 13.0. The molecule has 0 atom stereocenters. The minimum atomic E-state index is -0.0116. The summed E-state index contributed by atoms with van der Waals surface area (Å²) in [6.07, 6.45) is 0. The fraction of sp³-hybridized carbons (Fsp3) is 0.143. The van der Waals surface area contributed by atoms with E-state index in [0.717, 1.165) is 0 Å². The molecule has 0 bridgehead atoms. The molecule has 0 aliphatic rings. The number of rotatable bonds is 5. The number of phenols is 1. The largest absolute Gasteiger partial charge is 0.508 e. The molecule has 0 aromatic heterocycles. The van der Waals surface area contributed by atoms with E-state index in [1.807, 2.05) is 0 Å². The van der Waals surface area contributed by atoms with Crippen LogP contribution in [0.25, 0.3) is 0 Å². The van der Waals surface area contributed by atoms with Gasteiger partial charge >= 0.3 is 0 Å². The molecule has 0 amide bonds. The smallest absolute Gasteiger partial charge is 0.119 e. The van der Waals surface area contributed by atoms with Gasteiger partial charge in [0, 0.05) is 0 Å². The maximum Gasteiger partial charge on any atom is 0.119 e. The van der Waals surface area contributed by atoms with Crippen molar-refractivity contribution in [2.45, 2.75) is 0 Å². The fourth-order valence-electron chi connectivity index (χ4n) is 1.41. The van der Waals surface area contributed by atoms with Crippen LogP contribution in [0.5, 0.6) is 11.5 Å². The van der Waals surface area contributed by atoms with E-state index in [1.165, 1.54) is 0 Å². The predicted molar refractivity (Wildman–Crippen MR) is 71.3 cm³/mol. The van der Waals surface area contributed by atoms with Gasteiger partial charge in [0.1, 0.15) is 18.1 Å². The van der Waals surface area contributed by atoms with Crippen molar-refractivity contribution in [1.29, 1.82) is 0 Å².